The van der Waals surface area contributed by atoms with Crippen LogP contribution in [0.5, 0.6) is 0 Å². The molecule has 0 saturated heterocycles. The summed E-state index contributed by atoms with van der Waals surface area (Å²) in [7, 11) is 0. The molecule has 0 aliphatic rings. The molecule has 4 nitrogen and oxygen atoms in total. The quantitative estimate of drug-likeness (QED) is 0.814. The predicted molar refractivity (Wildman–Crippen MR) is 68.2 cm³/mol. The van der Waals surface area contributed by atoms with Gasteiger partial charge in [0, 0.05) is 12.7 Å². The van der Waals surface area contributed by atoms with E-state index in [0.717, 1.165) is 18.5 Å². The van der Waals surface area contributed by atoms with Crippen LogP contribution in [0.15, 0.2) is 24.4 Å². The van der Waals surface area contributed by atoms with Crippen LogP contribution in [0.1, 0.15) is 32.4 Å². The molecule has 1 heterocycles. The van der Waals surface area contributed by atoms with Gasteiger partial charge in [-0.2, -0.15) is 0 Å². The first-order valence-corrected chi connectivity index (χ1v) is 6.13. The smallest absolute Gasteiger partial charge is 0.239 e. The van der Waals surface area contributed by atoms with E-state index in [0.29, 0.717) is 13.1 Å². The van der Waals surface area contributed by atoms with Gasteiger partial charge in [0.25, 0.3) is 0 Å². The number of carbonyl (C=O) groups excluding carboxylic acids is 1. The van der Waals surface area contributed by atoms with Gasteiger partial charge in [0.1, 0.15) is 0 Å². The van der Waals surface area contributed by atoms with Crippen LogP contribution in [0.2, 0.25) is 0 Å². The van der Waals surface area contributed by atoms with Gasteiger partial charge in [-0.1, -0.05) is 19.4 Å². The molecule has 0 aromatic carbocycles. The first kappa shape index (κ1) is 13.6. The summed E-state index contributed by atoms with van der Waals surface area (Å²) in [4.78, 5) is 18.0. The number of pyridine rings is 1. The maximum Gasteiger partial charge on any atom is 0.239 e. The zero-order valence-electron chi connectivity index (χ0n) is 10.6. The van der Waals surface area contributed by atoms with E-state index in [-0.39, 0.29) is 11.9 Å². The second-order valence-corrected chi connectivity index (χ2v) is 4.07. The summed E-state index contributed by atoms with van der Waals surface area (Å²) in [5.41, 5.74) is 6.74. The van der Waals surface area contributed by atoms with Crippen molar-refractivity contribution in [2.45, 2.75) is 39.3 Å². The van der Waals surface area contributed by atoms with E-state index in [1.165, 1.54) is 0 Å². The Morgan fingerprint density at radius 3 is 2.76 bits per heavy atom. The molecule has 94 valence electrons. The van der Waals surface area contributed by atoms with Crippen molar-refractivity contribution < 1.29 is 4.79 Å². The van der Waals surface area contributed by atoms with Gasteiger partial charge in [0.2, 0.25) is 5.91 Å². The number of rotatable bonds is 6. The van der Waals surface area contributed by atoms with E-state index in [1.807, 2.05) is 32.0 Å². The van der Waals surface area contributed by atoms with Gasteiger partial charge in [-0.05, 0) is 25.5 Å². The normalized spacial score (nSPS) is 12.2. The average Bonchev–Trinajstić information content (AvgIpc) is 2.36. The van der Waals surface area contributed by atoms with E-state index >= 15 is 0 Å². The van der Waals surface area contributed by atoms with Gasteiger partial charge in [0.15, 0.2) is 0 Å². The number of nitrogens with two attached hydrogens (primary N) is 1. The van der Waals surface area contributed by atoms with Gasteiger partial charge in [0.05, 0.1) is 18.3 Å². The third-order valence-electron chi connectivity index (χ3n) is 2.69. The van der Waals surface area contributed by atoms with Crippen LogP contribution in [-0.4, -0.2) is 28.4 Å². The van der Waals surface area contributed by atoms with Crippen molar-refractivity contribution in [3.8, 4) is 0 Å². The second kappa shape index (κ2) is 7.01. The number of amides is 1. The molecule has 0 bridgehead atoms. The minimum absolute atomic E-state index is 0.0139. The summed E-state index contributed by atoms with van der Waals surface area (Å²) in [6.07, 6.45) is 3.39. The molecule has 1 atom stereocenters. The van der Waals surface area contributed by atoms with Gasteiger partial charge in [-0.25, -0.2) is 0 Å². The topological polar surface area (TPSA) is 59.2 Å². The molecule has 0 fully saturated rings. The van der Waals surface area contributed by atoms with Crippen LogP contribution in [0.25, 0.3) is 0 Å². The fraction of sp³-hybridized carbons (Fsp3) is 0.538. The molecule has 4 heteroatoms. The third kappa shape index (κ3) is 4.15. The van der Waals surface area contributed by atoms with Crippen molar-refractivity contribution in [1.29, 1.82) is 0 Å². The SMILES string of the molecule is CCC[C@@H](N)C(=O)N(CC)Cc1ccccn1. The molecule has 1 amide bonds. The number of carbonyl (C=O) groups is 1. The molecule has 1 aromatic heterocycles. The van der Waals surface area contributed by atoms with E-state index in [2.05, 4.69) is 4.98 Å². The molecule has 1 rings (SSSR count). The Hall–Kier alpha value is -1.42. The first-order valence-electron chi connectivity index (χ1n) is 6.13. The number of hydrogen-bond donors (Lipinski definition) is 1. The molecule has 0 saturated carbocycles. The predicted octanol–water partition coefficient (Wildman–Crippen LogP) is 1.56. The van der Waals surface area contributed by atoms with Crippen LogP contribution < -0.4 is 5.73 Å². The van der Waals surface area contributed by atoms with E-state index in [4.69, 9.17) is 5.73 Å². The van der Waals surface area contributed by atoms with Crippen LogP contribution in [0.3, 0.4) is 0 Å². The summed E-state index contributed by atoms with van der Waals surface area (Å²) in [5, 5.41) is 0. The highest BCUT2D eigenvalue weighted by Gasteiger charge is 2.19. The summed E-state index contributed by atoms with van der Waals surface area (Å²) >= 11 is 0. The van der Waals surface area contributed by atoms with Crippen molar-refractivity contribution in [2.75, 3.05) is 6.54 Å². The first-order chi connectivity index (χ1) is 8.19. The molecular weight excluding hydrogens is 214 g/mol. The van der Waals surface area contributed by atoms with Gasteiger partial charge in [-0.15, -0.1) is 0 Å². The molecule has 2 N–H and O–H groups in total. The fourth-order valence-corrected chi connectivity index (χ4v) is 1.70. The van der Waals surface area contributed by atoms with Gasteiger partial charge >= 0.3 is 0 Å². The largest absolute Gasteiger partial charge is 0.336 e. The van der Waals surface area contributed by atoms with Crippen molar-refractivity contribution in [1.82, 2.24) is 9.88 Å². The minimum Gasteiger partial charge on any atom is -0.336 e. The molecule has 0 aliphatic carbocycles. The van der Waals surface area contributed by atoms with Crippen LogP contribution >= 0.6 is 0 Å². The Morgan fingerprint density at radius 2 is 2.24 bits per heavy atom. The lowest BCUT2D eigenvalue weighted by molar-refractivity contribution is -0.133. The van der Waals surface area contributed by atoms with E-state index in [1.54, 1.807) is 11.1 Å². The summed E-state index contributed by atoms with van der Waals surface area (Å²) in [6, 6.07) is 5.32. The monoisotopic (exact) mass is 235 g/mol. The molecule has 17 heavy (non-hydrogen) atoms. The zero-order chi connectivity index (χ0) is 12.7. The lowest BCUT2D eigenvalue weighted by Gasteiger charge is -2.23. The zero-order valence-corrected chi connectivity index (χ0v) is 10.6. The van der Waals surface area contributed by atoms with Crippen molar-refractivity contribution in [3.63, 3.8) is 0 Å². The molecule has 1 aromatic rings. The molecule has 0 unspecified atom stereocenters. The van der Waals surface area contributed by atoms with Crippen LogP contribution in [0.4, 0.5) is 0 Å². The summed E-state index contributed by atoms with van der Waals surface area (Å²) in [6.45, 7) is 5.18. The highest BCUT2D eigenvalue weighted by molar-refractivity contribution is 5.81. The maximum atomic E-state index is 12.0. The molecule has 0 aliphatic heterocycles. The fourth-order valence-electron chi connectivity index (χ4n) is 1.70. The third-order valence-corrected chi connectivity index (χ3v) is 2.69. The van der Waals surface area contributed by atoms with Crippen molar-refractivity contribution >= 4 is 5.91 Å². The van der Waals surface area contributed by atoms with Gasteiger partial charge in [-0.3, -0.25) is 9.78 Å². The number of nitrogens with zero attached hydrogens (tertiary/aromatic N) is 2. The molecule has 0 spiro atoms. The molecular formula is C13H21N3O. The number of hydrogen-bond acceptors (Lipinski definition) is 3. The number of aromatic nitrogens is 1. The lowest BCUT2D eigenvalue weighted by Crippen LogP contribution is -2.43. The summed E-state index contributed by atoms with van der Waals surface area (Å²) < 4.78 is 0. The Balaban J connectivity index is 2.62. The highest BCUT2D eigenvalue weighted by atomic mass is 16.2. The Labute approximate surface area is 103 Å². The van der Waals surface area contributed by atoms with Crippen LogP contribution in [0, 0.1) is 0 Å². The Morgan fingerprint density at radius 1 is 1.47 bits per heavy atom. The highest BCUT2D eigenvalue weighted by Crippen LogP contribution is 2.05. The summed E-state index contributed by atoms with van der Waals surface area (Å²) in [5.74, 6) is 0.0139. The molecule has 0 radical (unpaired) electrons. The van der Waals surface area contributed by atoms with Crippen LogP contribution in [-0.2, 0) is 11.3 Å². The standard InChI is InChI=1S/C13H21N3O/c1-3-7-12(14)13(17)16(4-2)10-11-8-5-6-9-15-11/h5-6,8-9,12H,3-4,7,10,14H2,1-2H3/t12-/m1/s1. The minimum atomic E-state index is -0.385. The van der Waals surface area contributed by atoms with E-state index < -0.39 is 0 Å². The van der Waals surface area contributed by atoms with Crippen molar-refractivity contribution in [2.24, 2.45) is 5.73 Å². The maximum absolute atomic E-state index is 12.0. The van der Waals surface area contributed by atoms with Crippen molar-refractivity contribution in [3.05, 3.63) is 30.1 Å². The number of likely N-dealkylation sites (N-methyl/N-ethyl adjacent to an activating group) is 1. The Bertz CT molecular complexity index is 340. The Kier molecular flexibility index (Phi) is 5.63. The lowest BCUT2D eigenvalue weighted by atomic mass is 10.1. The van der Waals surface area contributed by atoms with E-state index in [9.17, 15) is 4.79 Å². The second-order valence-electron chi connectivity index (χ2n) is 4.07. The van der Waals surface area contributed by atoms with Gasteiger partial charge < -0.3 is 10.6 Å². The average molecular weight is 235 g/mol.